The van der Waals surface area contributed by atoms with E-state index in [0.717, 1.165) is 37.9 Å². The summed E-state index contributed by atoms with van der Waals surface area (Å²) in [5.74, 6) is 0.575. The summed E-state index contributed by atoms with van der Waals surface area (Å²) in [6, 6.07) is 0. The molecule has 8 heteroatoms. The van der Waals surface area contributed by atoms with Crippen LogP contribution < -0.4 is 5.32 Å². The lowest BCUT2D eigenvalue weighted by atomic mass is 9.91. The third-order valence-electron chi connectivity index (χ3n) is 5.99. The number of carbonyl (C=O) groups is 1. The minimum absolute atomic E-state index is 0. The Balaban J connectivity index is 0.00000113. The predicted molar refractivity (Wildman–Crippen MR) is 100 cm³/mol. The van der Waals surface area contributed by atoms with Crippen LogP contribution in [0.5, 0.6) is 0 Å². The Hall–Kier alpha value is -0.820. The number of aryl methyl sites for hydroxylation is 1. The molecule has 6 nitrogen and oxygen atoms in total. The second-order valence-corrected chi connectivity index (χ2v) is 7.61. The lowest BCUT2D eigenvalue weighted by Crippen LogP contribution is -2.51. The summed E-state index contributed by atoms with van der Waals surface area (Å²) in [7, 11) is 1.91. The molecule has 0 aromatic carbocycles. The van der Waals surface area contributed by atoms with Crippen LogP contribution in [0.1, 0.15) is 31.7 Å². The van der Waals surface area contributed by atoms with Crippen LogP contribution >= 0.6 is 24.8 Å². The number of carbonyl (C=O) groups excluding carboxylic acids is 1. The zero-order valence-electron chi connectivity index (χ0n) is 14.9. The minimum atomic E-state index is -0.446. The van der Waals surface area contributed by atoms with Crippen molar-refractivity contribution in [1.82, 2.24) is 20.0 Å². The van der Waals surface area contributed by atoms with E-state index in [-0.39, 0.29) is 30.7 Å². The SMILES string of the molecule is Cl.Cl.Cn1cc(C2(C)CN(C(=O)C3CC34CCNCC4)CCO2)cn1. The summed E-state index contributed by atoms with van der Waals surface area (Å²) >= 11 is 0. The molecule has 1 saturated carbocycles. The average Bonchev–Trinajstić information content (AvgIpc) is 3.03. The van der Waals surface area contributed by atoms with E-state index < -0.39 is 5.60 Å². The fourth-order valence-electron chi connectivity index (χ4n) is 4.32. The Labute approximate surface area is 161 Å². The number of ether oxygens (including phenoxy) is 1. The van der Waals surface area contributed by atoms with E-state index in [1.54, 1.807) is 4.68 Å². The highest BCUT2D eigenvalue weighted by Gasteiger charge is 2.59. The molecule has 142 valence electrons. The maximum absolute atomic E-state index is 13.0. The number of morpholine rings is 1. The molecule has 3 heterocycles. The molecule has 3 fully saturated rings. The first kappa shape index (κ1) is 20.5. The van der Waals surface area contributed by atoms with Gasteiger partial charge < -0.3 is 15.0 Å². The number of nitrogens with one attached hydrogen (secondary N) is 1. The summed E-state index contributed by atoms with van der Waals surface area (Å²) < 4.78 is 7.81. The summed E-state index contributed by atoms with van der Waals surface area (Å²) in [4.78, 5) is 15.0. The van der Waals surface area contributed by atoms with E-state index in [2.05, 4.69) is 17.3 Å². The maximum atomic E-state index is 13.0. The fourth-order valence-corrected chi connectivity index (χ4v) is 4.32. The van der Waals surface area contributed by atoms with Gasteiger partial charge in [0.15, 0.2) is 0 Å². The van der Waals surface area contributed by atoms with Crippen LogP contribution in [0.15, 0.2) is 12.4 Å². The van der Waals surface area contributed by atoms with Gasteiger partial charge in [0.1, 0.15) is 5.60 Å². The first-order valence-corrected chi connectivity index (χ1v) is 8.65. The second-order valence-electron chi connectivity index (χ2n) is 7.61. The van der Waals surface area contributed by atoms with Crippen LogP contribution in [-0.4, -0.2) is 53.4 Å². The molecule has 25 heavy (non-hydrogen) atoms. The van der Waals surface area contributed by atoms with E-state index in [9.17, 15) is 4.79 Å². The lowest BCUT2D eigenvalue weighted by molar-refractivity contribution is -0.151. The number of rotatable bonds is 2. The zero-order chi connectivity index (χ0) is 16.1. The van der Waals surface area contributed by atoms with Crippen LogP contribution in [-0.2, 0) is 22.2 Å². The molecule has 1 spiro atoms. The Morgan fingerprint density at radius 2 is 2.08 bits per heavy atom. The van der Waals surface area contributed by atoms with Crippen LogP contribution in [0.2, 0.25) is 0 Å². The number of nitrogens with zero attached hydrogens (tertiary/aromatic N) is 3. The molecule has 4 rings (SSSR count). The number of aromatic nitrogens is 2. The van der Waals surface area contributed by atoms with Crippen molar-refractivity contribution in [2.24, 2.45) is 18.4 Å². The summed E-state index contributed by atoms with van der Waals surface area (Å²) in [5, 5.41) is 7.65. The van der Waals surface area contributed by atoms with Crippen LogP contribution in [0.3, 0.4) is 0 Å². The van der Waals surface area contributed by atoms with Crippen molar-refractivity contribution in [1.29, 1.82) is 0 Å². The lowest BCUT2D eigenvalue weighted by Gasteiger charge is -2.40. The molecule has 1 amide bonds. The second kappa shape index (κ2) is 7.43. The molecule has 2 atom stereocenters. The Morgan fingerprint density at radius 1 is 1.36 bits per heavy atom. The van der Waals surface area contributed by atoms with E-state index in [1.165, 1.54) is 0 Å². The number of hydrogen-bond acceptors (Lipinski definition) is 4. The molecular weight excluding hydrogens is 363 g/mol. The van der Waals surface area contributed by atoms with Crippen molar-refractivity contribution in [3.63, 3.8) is 0 Å². The Bertz CT molecular complexity index is 618. The van der Waals surface area contributed by atoms with Crippen molar-refractivity contribution in [2.75, 3.05) is 32.8 Å². The van der Waals surface area contributed by atoms with Gasteiger partial charge in [-0.05, 0) is 44.7 Å². The van der Waals surface area contributed by atoms with E-state index in [4.69, 9.17) is 4.74 Å². The van der Waals surface area contributed by atoms with Gasteiger partial charge in [-0.3, -0.25) is 9.48 Å². The van der Waals surface area contributed by atoms with Gasteiger partial charge in [-0.2, -0.15) is 5.10 Å². The number of hydrogen-bond donors (Lipinski definition) is 1. The molecule has 2 saturated heterocycles. The van der Waals surface area contributed by atoms with Crippen LogP contribution in [0, 0.1) is 11.3 Å². The van der Waals surface area contributed by atoms with Gasteiger partial charge >= 0.3 is 0 Å². The highest BCUT2D eigenvalue weighted by molar-refractivity contribution is 5.85. The van der Waals surface area contributed by atoms with Crippen LogP contribution in [0.25, 0.3) is 0 Å². The van der Waals surface area contributed by atoms with E-state index in [0.29, 0.717) is 31.0 Å². The molecule has 0 bridgehead atoms. The molecule has 1 aromatic rings. The molecule has 1 aliphatic carbocycles. The normalized spacial score (nSPS) is 30.3. The average molecular weight is 391 g/mol. The smallest absolute Gasteiger partial charge is 0.226 e. The Morgan fingerprint density at radius 3 is 2.72 bits per heavy atom. The molecule has 2 aliphatic heterocycles. The quantitative estimate of drug-likeness (QED) is 0.834. The summed E-state index contributed by atoms with van der Waals surface area (Å²) in [6.45, 7) is 6.11. The third kappa shape index (κ3) is 3.68. The molecule has 2 unspecified atom stereocenters. The van der Waals surface area contributed by atoms with Crippen molar-refractivity contribution < 1.29 is 9.53 Å². The number of halogens is 2. The molecular formula is C17H28Cl2N4O2. The van der Waals surface area contributed by atoms with Crippen molar-refractivity contribution in [3.8, 4) is 0 Å². The molecule has 1 aromatic heterocycles. The van der Waals surface area contributed by atoms with Gasteiger partial charge in [-0.1, -0.05) is 0 Å². The van der Waals surface area contributed by atoms with Crippen molar-refractivity contribution in [2.45, 2.75) is 31.8 Å². The zero-order valence-corrected chi connectivity index (χ0v) is 16.5. The van der Waals surface area contributed by atoms with Gasteiger partial charge in [-0.25, -0.2) is 0 Å². The van der Waals surface area contributed by atoms with Gasteiger partial charge in [0.25, 0.3) is 0 Å². The van der Waals surface area contributed by atoms with Crippen LogP contribution in [0.4, 0.5) is 0 Å². The standard InChI is InChI=1S/C17H26N4O2.2ClH/c1-16(13-10-19-20(2)11-13)12-21(7-8-23-16)15(22)14-9-17(14)3-5-18-6-4-17;;/h10-11,14,18H,3-9,12H2,1-2H3;2*1H. The fraction of sp³-hybridized carbons (Fsp3) is 0.765. The number of amides is 1. The third-order valence-corrected chi connectivity index (χ3v) is 5.99. The summed E-state index contributed by atoms with van der Waals surface area (Å²) in [5.41, 5.74) is 0.897. The van der Waals surface area contributed by atoms with E-state index in [1.807, 2.05) is 24.3 Å². The molecule has 3 aliphatic rings. The van der Waals surface area contributed by atoms with Gasteiger partial charge in [0, 0.05) is 31.3 Å². The summed E-state index contributed by atoms with van der Waals surface area (Å²) in [6.07, 6.45) is 7.20. The van der Waals surface area contributed by atoms with Gasteiger partial charge in [0.2, 0.25) is 5.91 Å². The topological polar surface area (TPSA) is 59.4 Å². The first-order chi connectivity index (χ1) is 11.0. The van der Waals surface area contributed by atoms with Crippen molar-refractivity contribution in [3.05, 3.63) is 18.0 Å². The first-order valence-electron chi connectivity index (χ1n) is 8.65. The Kier molecular flexibility index (Phi) is 6.09. The molecule has 0 radical (unpaired) electrons. The monoisotopic (exact) mass is 390 g/mol. The van der Waals surface area contributed by atoms with Crippen molar-refractivity contribution >= 4 is 30.7 Å². The minimum Gasteiger partial charge on any atom is -0.367 e. The largest absolute Gasteiger partial charge is 0.367 e. The highest BCUT2D eigenvalue weighted by Crippen LogP contribution is 2.59. The molecule has 1 N–H and O–H groups in total. The number of piperidine rings is 1. The maximum Gasteiger partial charge on any atom is 0.226 e. The van der Waals surface area contributed by atoms with E-state index >= 15 is 0 Å². The predicted octanol–water partition coefficient (Wildman–Crippen LogP) is 1.73. The van der Waals surface area contributed by atoms with Gasteiger partial charge in [-0.15, -0.1) is 24.8 Å². The van der Waals surface area contributed by atoms with Gasteiger partial charge in [0.05, 0.1) is 19.3 Å². The highest BCUT2D eigenvalue weighted by atomic mass is 35.5.